The van der Waals surface area contributed by atoms with Crippen molar-refractivity contribution >= 4 is 5.82 Å². The monoisotopic (exact) mass is 217 g/mol. The Morgan fingerprint density at radius 3 is 2.88 bits per heavy atom. The number of aromatic nitrogens is 4. The van der Waals surface area contributed by atoms with Crippen LogP contribution in [0.4, 0.5) is 5.82 Å². The number of nitrogens with one attached hydrogen (secondary N) is 1. The maximum atomic E-state index is 4.25. The number of hydrogen-bond donors (Lipinski definition) is 1. The highest BCUT2D eigenvalue weighted by atomic mass is 15.0. The maximum absolute atomic E-state index is 4.25. The van der Waals surface area contributed by atoms with Crippen molar-refractivity contribution in [2.45, 2.75) is 13.3 Å². The second kappa shape index (κ2) is 4.74. The first-order chi connectivity index (χ1) is 7.75. The van der Waals surface area contributed by atoms with Crippen LogP contribution in [-0.2, 0) is 13.5 Å². The molecule has 0 aromatic carbocycles. The number of anilines is 1. The van der Waals surface area contributed by atoms with Crippen LogP contribution < -0.4 is 5.32 Å². The first-order valence-corrected chi connectivity index (χ1v) is 5.24. The highest BCUT2D eigenvalue weighted by Gasteiger charge is 1.99. The molecule has 1 N–H and O–H groups in total. The van der Waals surface area contributed by atoms with Gasteiger partial charge in [0, 0.05) is 44.2 Å². The van der Waals surface area contributed by atoms with Crippen molar-refractivity contribution in [2.24, 2.45) is 7.05 Å². The van der Waals surface area contributed by atoms with Gasteiger partial charge in [-0.15, -0.1) is 0 Å². The highest BCUT2D eigenvalue weighted by Crippen LogP contribution is 2.03. The second-order valence-corrected chi connectivity index (χ2v) is 3.68. The molecule has 0 saturated carbocycles. The number of imidazole rings is 1. The molecule has 0 radical (unpaired) electrons. The van der Waals surface area contributed by atoms with Crippen LogP contribution in [0.15, 0.2) is 24.8 Å². The summed E-state index contributed by atoms with van der Waals surface area (Å²) in [6, 6.07) is 1.93. The van der Waals surface area contributed by atoms with E-state index in [0.29, 0.717) is 0 Å². The second-order valence-electron chi connectivity index (χ2n) is 3.68. The molecule has 2 heterocycles. The van der Waals surface area contributed by atoms with Crippen molar-refractivity contribution in [3.8, 4) is 0 Å². The molecule has 16 heavy (non-hydrogen) atoms. The van der Waals surface area contributed by atoms with Crippen molar-refractivity contribution in [2.75, 3.05) is 11.9 Å². The van der Waals surface area contributed by atoms with Gasteiger partial charge in [-0.05, 0) is 6.92 Å². The molecule has 0 aliphatic rings. The standard InChI is InChI=1S/C11H15N5/c1-9-7-10(15-8-14-9)12-4-3-11-13-5-6-16(11)2/h5-8H,3-4H2,1-2H3,(H,12,14,15). The van der Waals surface area contributed by atoms with E-state index < -0.39 is 0 Å². The number of hydrogen-bond acceptors (Lipinski definition) is 4. The van der Waals surface area contributed by atoms with Crippen molar-refractivity contribution in [3.63, 3.8) is 0 Å². The first-order valence-electron chi connectivity index (χ1n) is 5.24. The lowest BCUT2D eigenvalue weighted by Gasteiger charge is -2.05. The molecule has 0 aliphatic heterocycles. The molecular formula is C11H15N5. The van der Waals surface area contributed by atoms with Gasteiger partial charge in [0.25, 0.3) is 0 Å². The van der Waals surface area contributed by atoms with E-state index in [1.54, 1.807) is 6.33 Å². The Kier molecular flexibility index (Phi) is 3.14. The highest BCUT2D eigenvalue weighted by molar-refractivity contribution is 5.34. The van der Waals surface area contributed by atoms with Crippen LogP contribution in [0.2, 0.25) is 0 Å². The van der Waals surface area contributed by atoms with E-state index in [1.807, 2.05) is 37.0 Å². The fraction of sp³-hybridized carbons (Fsp3) is 0.364. The van der Waals surface area contributed by atoms with E-state index in [9.17, 15) is 0 Å². The zero-order valence-corrected chi connectivity index (χ0v) is 9.51. The van der Waals surface area contributed by atoms with Crippen LogP contribution in [0.25, 0.3) is 0 Å². The molecule has 0 fully saturated rings. The lowest BCUT2D eigenvalue weighted by Crippen LogP contribution is -2.09. The van der Waals surface area contributed by atoms with Gasteiger partial charge in [0.05, 0.1) is 0 Å². The predicted octanol–water partition coefficient (Wildman–Crippen LogP) is 1.17. The number of nitrogens with zero attached hydrogens (tertiary/aromatic N) is 4. The van der Waals surface area contributed by atoms with Gasteiger partial charge in [-0.25, -0.2) is 15.0 Å². The average Bonchev–Trinajstić information content (AvgIpc) is 2.65. The van der Waals surface area contributed by atoms with E-state index >= 15 is 0 Å². The third-order valence-electron chi connectivity index (χ3n) is 2.38. The molecule has 0 atom stereocenters. The third kappa shape index (κ3) is 2.56. The van der Waals surface area contributed by atoms with Crippen LogP contribution in [0, 0.1) is 6.92 Å². The molecule has 2 rings (SSSR count). The summed E-state index contributed by atoms with van der Waals surface area (Å²) in [5, 5.41) is 3.25. The quantitative estimate of drug-likeness (QED) is 0.835. The van der Waals surface area contributed by atoms with E-state index in [4.69, 9.17) is 0 Å². The van der Waals surface area contributed by atoms with E-state index in [-0.39, 0.29) is 0 Å². The molecule has 0 spiro atoms. The Balaban J connectivity index is 1.87. The van der Waals surface area contributed by atoms with E-state index in [2.05, 4.69) is 20.3 Å². The molecule has 5 heteroatoms. The van der Waals surface area contributed by atoms with E-state index in [1.165, 1.54) is 0 Å². The van der Waals surface area contributed by atoms with Gasteiger partial charge in [-0.1, -0.05) is 0 Å². The molecule has 0 saturated heterocycles. The SMILES string of the molecule is Cc1cc(NCCc2nccn2C)ncn1. The Labute approximate surface area is 94.6 Å². The summed E-state index contributed by atoms with van der Waals surface area (Å²) in [6.07, 6.45) is 6.21. The van der Waals surface area contributed by atoms with Gasteiger partial charge < -0.3 is 9.88 Å². The number of rotatable bonds is 4. The van der Waals surface area contributed by atoms with Gasteiger partial charge in [0.1, 0.15) is 18.0 Å². The zero-order valence-electron chi connectivity index (χ0n) is 9.51. The van der Waals surface area contributed by atoms with Crippen LogP contribution in [-0.4, -0.2) is 26.1 Å². The fourth-order valence-electron chi connectivity index (χ4n) is 1.49. The van der Waals surface area contributed by atoms with Gasteiger partial charge in [0.15, 0.2) is 0 Å². The topological polar surface area (TPSA) is 55.6 Å². The normalized spacial score (nSPS) is 10.4. The largest absolute Gasteiger partial charge is 0.370 e. The summed E-state index contributed by atoms with van der Waals surface area (Å²) >= 11 is 0. The smallest absolute Gasteiger partial charge is 0.129 e. The Morgan fingerprint density at radius 1 is 1.31 bits per heavy atom. The summed E-state index contributed by atoms with van der Waals surface area (Å²) in [6.45, 7) is 2.77. The summed E-state index contributed by atoms with van der Waals surface area (Å²) in [7, 11) is 2.00. The molecule has 0 bridgehead atoms. The van der Waals surface area contributed by atoms with Gasteiger partial charge in [-0.2, -0.15) is 0 Å². The molecule has 5 nitrogen and oxygen atoms in total. The molecule has 84 valence electrons. The minimum atomic E-state index is 0.821. The van der Waals surface area contributed by atoms with Crippen molar-refractivity contribution in [1.29, 1.82) is 0 Å². The fourth-order valence-corrected chi connectivity index (χ4v) is 1.49. The summed E-state index contributed by atoms with van der Waals surface area (Å²) in [4.78, 5) is 12.4. The Morgan fingerprint density at radius 2 is 2.19 bits per heavy atom. The van der Waals surface area contributed by atoms with Gasteiger partial charge in [-0.3, -0.25) is 0 Å². The minimum absolute atomic E-state index is 0.821. The lowest BCUT2D eigenvalue weighted by molar-refractivity contribution is 0.788. The zero-order chi connectivity index (χ0) is 11.4. The molecular weight excluding hydrogens is 202 g/mol. The van der Waals surface area contributed by atoms with E-state index in [0.717, 1.165) is 30.3 Å². The van der Waals surface area contributed by atoms with Crippen LogP contribution in [0.1, 0.15) is 11.5 Å². The van der Waals surface area contributed by atoms with Crippen LogP contribution in [0.5, 0.6) is 0 Å². The van der Waals surface area contributed by atoms with Crippen LogP contribution in [0.3, 0.4) is 0 Å². The summed E-state index contributed by atoms with van der Waals surface area (Å²) < 4.78 is 2.02. The number of aryl methyl sites for hydroxylation is 2. The molecule has 2 aromatic rings. The van der Waals surface area contributed by atoms with Gasteiger partial charge in [0.2, 0.25) is 0 Å². The Bertz CT molecular complexity index is 463. The van der Waals surface area contributed by atoms with Crippen molar-refractivity contribution < 1.29 is 0 Å². The predicted molar refractivity (Wildman–Crippen MR) is 62.2 cm³/mol. The molecule has 0 amide bonds. The maximum Gasteiger partial charge on any atom is 0.129 e. The van der Waals surface area contributed by atoms with Crippen molar-refractivity contribution in [1.82, 2.24) is 19.5 Å². The van der Waals surface area contributed by atoms with Crippen LogP contribution >= 0.6 is 0 Å². The van der Waals surface area contributed by atoms with Gasteiger partial charge >= 0.3 is 0 Å². The third-order valence-corrected chi connectivity index (χ3v) is 2.38. The summed E-state index contributed by atoms with van der Waals surface area (Å²) in [5.41, 5.74) is 0.967. The molecule has 2 aromatic heterocycles. The first kappa shape index (κ1) is 10.6. The van der Waals surface area contributed by atoms with Crippen molar-refractivity contribution in [3.05, 3.63) is 36.3 Å². The Hall–Kier alpha value is -1.91. The average molecular weight is 217 g/mol. The molecule has 0 unspecified atom stereocenters. The lowest BCUT2D eigenvalue weighted by atomic mass is 10.4. The summed E-state index contributed by atoms with van der Waals surface area (Å²) in [5.74, 6) is 1.93. The minimum Gasteiger partial charge on any atom is -0.370 e. The molecule has 0 aliphatic carbocycles.